The maximum atomic E-state index is 11.9. The highest BCUT2D eigenvalue weighted by molar-refractivity contribution is 6.03. The summed E-state index contributed by atoms with van der Waals surface area (Å²) in [6.45, 7) is 3.89. The molecule has 0 N–H and O–H groups in total. The molecule has 0 fully saturated rings. The number of nitrogens with zero attached hydrogens (tertiary/aromatic N) is 3. The van der Waals surface area contributed by atoms with E-state index in [4.69, 9.17) is 0 Å². The van der Waals surface area contributed by atoms with Crippen LogP contribution in [0.15, 0.2) is 24.3 Å². The molecule has 4 nitrogen and oxygen atoms in total. The Labute approximate surface area is 101 Å². The number of likely N-dealkylation sites (N-methyl/N-ethyl adjacent to an activating group) is 1. The summed E-state index contributed by atoms with van der Waals surface area (Å²) >= 11 is 0. The molecule has 1 heterocycles. The van der Waals surface area contributed by atoms with Crippen LogP contribution in [0.2, 0.25) is 0 Å². The van der Waals surface area contributed by atoms with Crippen LogP contribution in [0.5, 0.6) is 0 Å². The first kappa shape index (κ1) is 11.5. The Morgan fingerprint density at radius 3 is 2.47 bits per heavy atom. The molecule has 0 spiro atoms. The number of carbonyl (C=O) groups is 1. The minimum Gasteiger partial charge on any atom is -0.343 e. The fourth-order valence-corrected chi connectivity index (χ4v) is 2.00. The van der Waals surface area contributed by atoms with Gasteiger partial charge in [0.05, 0.1) is 24.0 Å². The zero-order valence-electron chi connectivity index (χ0n) is 10.3. The van der Waals surface area contributed by atoms with Crippen LogP contribution in [0.25, 0.3) is 0 Å². The van der Waals surface area contributed by atoms with Gasteiger partial charge in [-0.1, -0.05) is 12.1 Å². The lowest BCUT2D eigenvalue weighted by atomic mass is 10.0. The van der Waals surface area contributed by atoms with E-state index < -0.39 is 5.54 Å². The van der Waals surface area contributed by atoms with Crippen molar-refractivity contribution in [1.82, 2.24) is 0 Å². The van der Waals surface area contributed by atoms with Gasteiger partial charge in [-0.2, -0.15) is 5.26 Å². The van der Waals surface area contributed by atoms with E-state index in [0.717, 1.165) is 11.4 Å². The molecule has 0 aliphatic carbocycles. The molecule has 1 aromatic carbocycles. The van der Waals surface area contributed by atoms with Gasteiger partial charge >= 0.3 is 0 Å². The summed E-state index contributed by atoms with van der Waals surface area (Å²) in [5.74, 6) is 0.00650. The number of amides is 1. The SMILES string of the molecule is CN1C(=O)CN(C(C)(C)C#N)c2ccccc21. The summed E-state index contributed by atoms with van der Waals surface area (Å²) in [4.78, 5) is 15.4. The number of fused-ring (bicyclic) bond motifs is 1. The van der Waals surface area contributed by atoms with Crippen LogP contribution >= 0.6 is 0 Å². The van der Waals surface area contributed by atoms with Gasteiger partial charge in [0.15, 0.2) is 0 Å². The molecule has 17 heavy (non-hydrogen) atoms. The Bertz CT molecular complexity index is 502. The first-order valence-corrected chi connectivity index (χ1v) is 5.52. The zero-order chi connectivity index (χ0) is 12.6. The maximum Gasteiger partial charge on any atom is 0.246 e. The van der Waals surface area contributed by atoms with E-state index in [1.165, 1.54) is 0 Å². The number of para-hydroxylation sites is 2. The summed E-state index contributed by atoms with van der Waals surface area (Å²) in [6.07, 6.45) is 0. The molecule has 0 unspecified atom stereocenters. The lowest BCUT2D eigenvalue weighted by Crippen LogP contribution is -2.52. The lowest BCUT2D eigenvalue weighted by Gasteiger charge is -2.41. The van der Waals surface area contributed by atoms with Crippen molar-refractivity contribution in [2.75, 3.05) is 23.4 Å². The molecule has 0 aromatic heterocycles. The Balaban J connectivity index is 2.56. The number of rotatable bonds is 1. The van der Waals surface area contributed by atoms with Crippen LogP contribution in [-0.4, -0.2) is 25.0 Å². The lowest BCUT2D eigenvalue weighted by molar-refractivity contribution is -0.117. The molecule has 4 heteroatoms. The highest BCUT2D eigenvalue weighted by atomic mass is 16.2. The van der Waals surface area contributed by atoms with E-state index in [2.05, 4.69) is 6.07 Å². The van der Waals surface area contributed by atoms with Crippen molar-refractivity contribution in [1.29, 1.82) is 5.26 Å². The first-order valence-electron chi connectivity index (χ1n) is 5.52. The fourth-order valence-electron chi connectivity index (χ4n) is 2.00. The molecule has 1 amide bonds. The third-order valence-electron chi connectivity index (χ3n) is 3.15. The number of nitriles is 1. The molecule has 1 aromatic rings. The standard InChI is InChI=1S/C13H15N3O/c1-13(2,9-14)16-8-12(17)15(3)10-6-4-5-7-11(10)16/h4-7H,8H2,1-3H3. The van der Waals surface area contributed by atoms with Crippen LogP contribution in [-0.2, 0) is 4.79 Å². The Morgan fingerprint density at radius 2 is 1.88 bits per heavy atom. The van der Waals surface area contributed by atoms with Crippen molar-refractivity contribution in [2.45, 2.75) is 19.4 Å². The van der Waals surface area contributed by atoms with Crippen LogP contribution in [0.3, 0.4) is 0 Å². The molecule has 2 rings (SSSR count). The number of carbonyl (C=O) groups excluding carboxylic acids is 1. The van der Waals surface area contributed by atoms with Crippen molar-refractivity contribution >= 4 is 17.3 Å². The van der Waals surface area contributed by atoms with Gasteiger partial charge in [-0.15, -0.1) is 0 Å². The fraction of sp³-hybridized carbons (Fsp3) is 0.385. The minimum atomic E-state index is -0.687. The van der Waals surface area contributed by atoms with E-state index >= 15 is 0 Å². The van der Waals surface area contributed by atoms with Crippen LogP contribution in [0.4, 0.5) is 11.4 Å². The second-order valence-corrected chi connectivity index (χ2v) is 4.70. The topological polar surface area (TPSA) is 47.3 Å². The van der Waals surface area contributed by atoms with E-state index in [0.29, 0.717) is 0 Å². The quantitative estimate of drug-likeness (QED) is 0.737. The van der Waals surface area contributed by atoms with Crippen LogP contribution in [0.1, 0.15) is 13.8 Å². The van der Waals surface area contributed by atoms with Gasteiger partial charge in [-0.05, 0) is 26.0 Å². The number of hydrogen-bond acceptors (Lipinski definition) is 3. The third-order valence-corrected chi connectivity index (χ3v) is 3.15. The number of hydrogen-bond donors (Lipinski definition) is 0. The van der Waals surface area contributed by atoms with Gasteiger partial charge in [0, 0.05) is 7.05 Å². The average Bonchev–Trinajstić information content (AvgIpc) is 2.33. The molecule has 1 aliphatic heterocycles. The second-order valence-electron chi connectivity index (χ2n) is 4.70. The van der Waals surface area contributed by atoms with Crippen LogP contribution in [0, 0.1) is 11.3 Å². The Hall–Kier alpha value is -2.02. The molecule has 0 bridgehead atoms. The van der Waals surface area contributed by atoms with Gasteiger partial charge in [0.1, 0.15) is 5.54 Å². The largest absolute Gasteiger partial charge is 0.343 e. The monoisotopic (exact) mass is 229 g/mol. The molecule has 88 valence electrons. The molecule has 0 saturated carbocycles. The third kappa shape index (κ3) is 1.74. The average molecular weight is 229 g/mol. The summed E-state index contributed by atoms with van der Waals surface area (Å²) < 4.78 is 0. The van der Waals surface area contributed by atoms with Crippen molar-refractivity contribution in [3.8, 4) is 6.07 Å². The summed E-state index contributed by atoms with van der Waals surface area (Å²) in [7, 11) is 1.76. The summed E-state index contributed by atoms with van der Waals surface area (Å²) in [5, 5.41) is 9.21. The van der Waals surface area contributed by atoms with Crippen LogP contribution < -0.4 is 9.80 Å². The minimum absolute atomic E-state index is 0.00650. The predicted molar refractivity (Wildman–Crippen MR) is 66.9 cm³/mol. The first-order chi connectivity index (χ1) is 7.97. The van der Waals surface area contributed by atoms with Gasteiger partial charge in [0.2, 0.25) is 5.91 Å². The van der Waals surface area contributed by atoms with Crippen molar-refractivity contribution in [3.05, 3.63) is 24.3 Å². The molecular weight excluding hydrogens is 214 g/mol. The smallest absolute Gasteiger partial charge is 0.246 e. The molecule has 0 radical (unpaired) electrons. The highest BCUT2D eigenvalue weighted by Gasteiger charge is 2.35. The normalized spacial score (nSPS) is 15.5. The second kappa shape index (κ2) is 3.77. The summed E-state index contributed by atoms with van der Waals surface area (Å²) in [5.41, 5.74) is 1.10. The Morgan fingerprint density at radius 1 is 1.29 bits per heavy atom. The number of benzene rings is 1. The van der Waals surface area contributed by atoms with Crippen molar-refractivity contribution in [3.63, 3.8) is 0 Å². The van der Waals surface area contributed by atoms with E-state index in [1.54, 1.807) is 11.9 Å². The van der Waals surface area contributed by atoms with E-state index in [9.17, 15) is 10.1 Å². The molecule has 0 saturated heterocycles. The van der Waals surface area contributed by atoms with E-state index in [-0.39, 0.29) is 12.5 Å². The molecule has 0 atom stereocenters. The maximum absolute atomic E-state index is 11.9. The van der Waals surface area contributed by atoms with Gasteiger partial charge < -0.3 is 9.80 Å². The highest BCUT2D eigenvalue weighted by Crippen LogP contribution is 2.36. The molecular formula is C13H15N3O. The van der Waals surface area contributed by atoms with Crippen molar-refractivity contribution < 1.29 is 4.79 Å². The van der Waals surface area contributed by atoms with Crippen molar-refractivity contribution in [2.24, 2.45) is 0 Å². The number of anilines is 2. The zero-order valence-corrected chi connectivity index (χ0v) is 10.3. The van der Waals surface area contributed by atoms with Gasteiger partial charge in [0.25, 0.3) is 0 Å². The predicted octanol–water partition coefficient (Wildman–Crippen LogP) is 1.77. The Kier molecular flexibility index (Phi) is 2.55. The van der Waals surface area contributed by atoms with Gasteiger partial charge in [-0.3, -0.25) is 4.79 Å². The van der Waals surface area contributed by atoms with Gasteiger partial charge in [-0.25, -0.2) is 0 Å². The summed E-state index contributed by atoms with van der Waals surface area (Å²) in [6, 6.07) is 9.89. The van der Waals surface area contributed by atoms with E-state index in [1.807, 2.05) is 43.0 Å². The molecule has 1 aliphatic rings.